The number of rotatable bonds is 5. The molecule has 0 aliphatic carbocycles. The van der Waals surface area contributed by atoms with Gasteiger partial charge in [0, 0.05) is 48.7 Å². The Morgan fingerprint density at radius 3 is 2.67 bits per heavy atom. The van der Waals surface area contributed by atoms with E-state index in [1.165, 1.54) is 12.1 Å². The zero-order valence-electron chi connectivity index (χ0n) is 17.4. The van der Waals surface area contributed by atoms with Gasteiger partial charge < -0.3 is 9.64 Å². The average Bonchev–Trinajstić information content (AvgIpc) is 2.73. The van der Waals surface area contributed by atoms with Crippen LogP contribution in [0.1, 0.15) is 25.8 Å². The van der Waals surface area contributed by atoms with Crippen LogP contribution in [0.2, 0.25) is 0 Å². The van der Waals surface area contributed by atoms with E-state index in [0.29, 0.717) is 36.9 Å². The molecule has 0 spiro atoms. The van der Waals surface area contributed by atoms with Gasteiger partial charge in [0.2, 0.25) is 5.95 Å². The largest absolute Gasteiger partial charge is 0.496 e. The average molecular weight is 408 g/mol. The lowest BCUT2D eigenvalue weighted by atomic mass is 9.95. The van der Waals surface area contributed by atoms with Crippen molar-refractivity contribution < 1.29 is 9.13 Å². The highest BCUT2D eigenvalue weighted by Crippen LogP contribution is 2.32. The van der Waals surface area contributed by atoms with Gasteiger partial charge in [0.05, 0.1) is 12.8 Å². The maximum atomic E-state index is 13.6. The molecule has 2 aromatic heterocycles. The predicted molar refractivity (Wildman–Crippen MR) is 114 cm³/mol. The number of methoxy groups -OCH3 is 1. The molecule has 0 bridgehead atoms. The minimum atomic E-state index is -0.325. The second kappa shape index (κ2) is 7.89. The lowest BCUT2D eigenvalue weighted by Crippen LogP contribution is -2.52. The van der Waals surface area contributed by atoms with Crippen LogP contribution in [0.3, 0.4) is 0 Å². The van der Waals surface area contributed by atoms with Crippen molar-refractivity contribution in [2.45, 2.75) is 38.8 Å². The molecular formula is C23H25FN4O2. The van der Waals surface area contributed by atoms with E-state index in [1.54, 1.807) is 36.2 Å². The molecule has 30 heavy (non-hydrogen) atoms. The lowest BCUT2D eigenvalue weighted by Gasteiger charge is -2.44. The van der Waals surface area contributed by atoms with E-state index in [-0.39, 0.29) is 16.9 Å². The van der Waals surface area contributed by atoms with E-state index in [1.807, 2.05) is 12.1 Å². The Bertz CT molecular complexity index is 1110. The van der Waals surface area contributed by atoms with Crippen molar-refractivity contribution in [3.8, 4) is 17.0 Å². The van der Waals surface area contributed by atoms with Crippen LogP contribution in [-0.2, 0) is 13.0 Å². The predicted octanol–water partition coefficient (Wildman–Crippen LogP) is 3.68. The molecule has 0 atom stereocenters. The molecular weight excluding hydrogens is 383 g/mol. The molecule has 0 unspecified atom stereocenters. The van der Waals surface area contributed by atoms with Crippen LogP contribution in [0.4, 0.5) is 10.3 Å². The van der Waals surface area contributed by atoms with E-state index in [4.69, 9.17) is 9.72 Å². The summed E-state index contributed by atoms with van der Waals surface area (Å²) in [6, 6.07) is 9.87. The number of pyridine rings is 1. The summed E-state index contributed by atoms with van der Waals surface area (Å²) in [4.78, 5) is 23.9. The van der Waals surface area contributed by atoms with Gasteiger partial charge in [0.25, 0.3) is 5.56 Å². The summed E-state index contributed by atoms with van der Waals surface area (Å²) in [6.45, 7) is 5.57. The third-order valence-corrected chi connectivity index (χ3v) is 5.74. The summed E-state index contributed by atoms with van der Waals surface area (Å²) in [5, 5.41) is 0. The molecule has 0 N–H and O–H groups in total. The summed E-state index contributed by atoms with van der Waals surface area (Å²) in [5.74, 6) is 0.863. The number of halogens is 1. The Hall–Kier alpha value is -3.22. The molecule has 7 heteroatoms. The number of hydrogen-bond acceptors (Lipinski definition) is 5. The van der Waals surface area contributed by atoms with Gasteiger partial charge in [-0.05, 0) is 50.5 Å². The second-order valence-electron chi connectivity index (χ2n) is 8.09. The van der Waals surface area contributed by atoms with E-state index in [9.17, 15) is 9.18 Å². The molecule has 0 fully saturated rings. The standard InChI is InChI=1S/C23H25FN4O2/c1-23(2)9-13-27-21(29)15-19(16-6-10-25-11-7-16)26-22(27)28(23)12-8-17-4-5-18(24)14-20(17)30-3/h4-7,10-11,14-15H,8-9,12-13H2,1-3H3. The minimum absolute atomic E-state index is 0.0633. The molecule has 4 rings (SSSR count). The molecule has 1 aliphatic rings. The van der Waals surface area contributed by atoms with E-state index < -0.39 is 0 Å². The quantitative estimate of drug-likeness (QED) is 0.645. The van der Waals surface area contributed by atoms with E-state index in [0.717, 1.165) is 17.5 Å². The van der Waals surface area contributed by atoms with Crippen molar-refractivity contribution >= 4 is 5.95 Å². The van der Waals surface area contributed by atoms with Crippen LogP contribution in [0.25, 0.3) is 11.3 Å². The summed E-state index contributed by atoms with van der Waals surface area (Å²) < 4.78 is 20.6. The van der Waals surface area contributed by atoms with Gasteiger partial charge in [-0.15, -0.1) is 0 Å². The third kappa shape index (κ3) is 3.79. The third-order valence-electron chi connectivity index (χ3n) is 5.74. The van der Waals surface area contributed by atoms with Crippen molar-refractivity contribution in [3.05, 3.63) is 70.5 Å². The molecule has 0 radical (unpaired) electrons. The number of anilines is 1. The molecule has 6 nitrogen and oxygen atoms in total. The zero-order chi connectivity index (χ0) is 21.3. The number of ether oxygens (including phenoxy) is 1. The number of aromatic nitrogens is 3. The SMILES string of the molecule is COc1cc(F)ccc1CCN1c2nc(-c3ccncc3)cc(=O)n2CCC1(C)C. The zero-order valence-corrected chi connectivity index (χ0v) is 17.4. The molecule has 156 valence electrons. The topological polar surface area (TPSA) is 60.2 Å². The first-order valence-electron chi connectivity index (χ1n) is 10.0. The molecule has 0 saturated carbocycles. The Morgan fingerprint density at radius 2 is 1.93 bits per heavy atom. The number of fused-ring (bicyclic) bond motifs is 1. The van der Waals surface area contributed by atoms with Gasteiger partial charge in [-0.3, -0.25) is 14.3 Å². The van der Waals surface area contributed by atoms with E-state index in [2.05, 4.69) is 23.7 Å². The summed E-state index contributed by atoms with van der Waals surface area (Å²) in [7, 11) is 1.54. The summed E-state index contributed by atoms with van der Waals surface area (Å²) >= 11 is 0. The van der Waals surface area contributed by atoms with Gasteiger partial charge in [-0.2, -0.15) is 0 Å². The van der Waals surface area contributed by atoms with E-state index >= 15 is 0 Å². The van der Waals surface area contributed by atoms with Crippen LogP contribution >= 0.6 is 0 Å². The van der Waals surface area contributed by atoms with Gasteiger partial charge >= 0.3 is 0 Å². The number of hydrogen-bond donors (Lipinski definition) is 0. The van der Waals surface area contributed by atoms with Gasteiger partial charge in [0.1, 0.15) is 11.6 Å². The Morgan fingerprint density at radius 1 is 1.17 bits per heavy atom. The highest BCUT2D eigenvalue weighted by atomic mass is 19.1. The normalized spacial score (nSPS) is 15.0. The van der Waals surface area contributed by atoms with Crippen molar-refractivity contribution in [1.29, 1.82) is 0 Å². The molecule has 3 heterocycles. The molecule has 0 amide bonds. The summed E-state index contributed by atoms with van der Waals surface area (Å²) in [6.07, 6.45) is 4.85. The first-order valence-corrected chi connectivity index (χ1v) is 10.0. The second-order valence-corrected chi connectivity index (χ2v) is 8.09. The fourth-order valence-corrected chi connectivity index (χ4v) is 3.93. The van der Waals surface area contributed by atoms with Crippen LogP contribution in [0.15, 0.2) is 53.6 Å². The molecule has 1 aromatic carbocycles. The number of benzene rings is 1. The molecule has 3 aromatic rings. The Balaban J connectivity index is 1.72. The molecule has 1 aliphatic heterocycles. The minimum Gasteiger partial charge on any atom is -0.496 e. The van der Waals surface area contributed by atoms with Crippen LogP contribution < -0.4 is 15.2 Å². The van der Waals surface area contributed by atoms with Crippen molar-refractivity contribution in [2.24, 2.45) is 0 Å². The smallest absolute Gasteiger partial charge is 0.255 e. The Labute approximate surface area is 175 Å². The first-order chi connectivity index (χ1) is 14.4. The fraction of sp³-hybridized carbons (Fsp3) is 0.348. The van der Waals surface area contributed by atoms with Crippen LogP contribution in [0, 0.1) is 5.82 Å². The monoisotopic (exact) mass is 408 g/mol. The molecule has 0 saturated heterocycles. The lowest BCUT2D eigenvalue weighted by molar-refractivity contribution is 0.346. The van der Waals surface area contributed by atoms with Gasteiger partial charge in [0.15, 0.2) is 0 Å². The Kier molecular flexibility index (Phi) is 5.28. The maximum Gasteiger partial charge on any atom is 0.255 e. The fourth-order valence-electron chi connectivity index (χ4n) is 3.93. The van der Waals surface area contributed by atoms with Crippen molar-refractivity contribution in [2.75, 3.05) is 18.6 Å². The number of nitrogens with zero attached hydrogens (tertiary/aromatic N) is 4. The van der Waals surface area contributed by atoms with Crippen LogP contribution in [0.5, 0.6) is 5.75 Å². The highest BCUT2D eigenvalue weighted by Gasteiger charge is 2.34. The highest BCUT2D eigenvalue weighted by molar-refractivity contribution is 5.60. The van der Waals surface area contributed by atoms with Gasteiger partial charge in [-0.1, -0.05) is 6.07 Å². The summed E-state index contributed by atoms with van der Waals surface area (Å²) in [5.41, 5.74) is 2.17. The maximum absolute atomic E-state index is 13.6. The van der Waals surface area contributed by atoms with Crippen molar-refractivity contribution in [3.63, 3.8) is 0 Å². The first kappa shape index (κ1) is 20.1. The van der Waals surface area contributed by atoms with Crippen molar-refractivity contribution in [1.82, 2.24) is 14.5 Å². The van der Waals surface area contributed by atoms with Crippen LogP contribution in [-0.4, -0.2) is 33.7 Å². The van der Waals surface area contributed by atoms with Gasteiger partial charge in [-0.25, -0.2) is 9.37 Å².